The lowest BCUT2D eigenvalue weighted by atomic mass is 9.59. The maximum Gasteiger partial charge on any atom is 0.335 e. The third-order valence-corrected chi connectivity index (χ3v) is 6.22. The van der Waals surface area contributed by atoms with Gasteiger partial charge in [-0.05, 0) is 47.9 Å². The van der Waals surface area contributed by atoms with Gasteiger partial charge in [0, 0.05) is 5.41 Å². The number of aromatic carboxylic acids is 1. The number of hydrogen-bond acceptors (Lipinski definition) is 1. The predicted molar refractivity (Wildman–Crippen MR) is 113 cm³/mol. The minimum Gasteiger partial charge on any atom is -0.478 e. The summed E-state index contributed by atoms with van der Waals surface area (Å²) in [4.78, 5) is 11.6. The van der Waals surface area contributed by atoms with Gasteiger partial charge in [-0.25, -0.2) is 4.79 Å². The van der Waals surface area contributed by atoms with Crippen LogP contribution in [0.25, 0.3) is 0 Å². The van der Waals surface area contributed by atoms with E-state index in [0.717, 1.165) is 32.1 Å². The van der Waals surface area contributed by atoms with E-state index in [1.54, 1.807) is 6.07 Å². The Morgan fingerprint density at radius 1 is 1.00 bits per heavy atom. The van der Waals surface area contributed by atoms with Gasteiger partial charge < -0.3 is 5.11 Å². The van der Waals surface area contributed by atoms with E-state index in [0.29, 0.717) is 17.4 Å². The highest BCUT2D eigenvalue weighted by atomic mass is 16.4. The fraction of sp³-hybridized carbons (Fsp3) is 0.480. The van der Waals surface area contributed by atoms with Crippen LogP contribution in [0, 0.1) is 11.8 Å². The van der Waals surface area contributed by atoms with Crippen molar-refractivity contribution in [1.82, 2.24) is 0 Å². The first-order valence-corrected chi connectivity index (χ1v) is 10.4. The van der Waals surface area contributed by atoms with Crippen LogP contribution in [0.1, 0.15) is 74.9 Å². The molecule has 0 aliphatic rings. The number of carboxylic acid groups (broad SMARTS) is 1. The molecule has 0 aromatic heterocycles. The molecule has 0 spiro atoms. The topological polar surface area (TPSA) is 37.3 Å². The van der Waals surface area contributed by atoms with Crippen molar-refractivity contribution in [2.45, 2.75) is 65.2 Å². The van der Waals surface area contributed by atoms with Gasteiger partial charge in [-0.15, -0.1) is 0 Å². The molecule has 0 bridgehead atoms. The van der Waals surface area contributed by atoms with Crippen molar-refractivity contribution < 1.29 is 9.90 Å². The number of benzene rings is 2. The summed E-state index contributed by atoms with van der Waals surface area (Å²) >= 11 is 0. The van der Waals surface area contributed by atoms with Gasteiger partial charge in [0.15, 0.2) is 0 Å². The molecule has 0 heterocycles. The van der Waals surface area contributed by atoms with E-state index < -0.39 is 5.97 Å². The van der Waals surface area contributed by atoms with Crippen molar-refractivity contribution in [3.63, 3.8) is 0 Å². The Labute approximate surface area is 164 Å². The standard InChI is InChI=1S/C25H34O2/c1-5-16-25(23(7-3)19(4)6-2,18-20-12-9-8-10-13-20)22-15-11-14-21(17-22)24(26)27/h8-15,17,19,23H,5-7,16,18H2,1-4H3,(H,26,27). The van der Waals surface area contributed by atoms with E-state index in [2.05, 4.69) is 64.1 Å². The minimum absolute atomic E-state index is 0.0499. The molecular weight excluding hydrogens is 332 g/mol. The molecule has 3 unspecified atom stereocenters. The largest absolute Gasteiger partial charge is 0.478 e. The fourth-order valence-corrected chi connectivity index (χ4v) is 4.86. The second-order valence-electron chi connectivity index (χ2n) is 7.85. The summed E-state index contributed by atoms with van der Waals surface area (Å²) in [6.07, 6.45) is 5.33. The van der Waals surface area contributed by atoms with Gasteiger partial charge in [0.25, 0.3) is 0 Å². The molecule has 2 nitrogen and oxygen atoms in total. The first kappa shape index (κ1) is 21.2. The summed E-state index contributed by atoms with van der Waals surface area (Å²) in [5.41, 5.74) is 2.85. The van der Waals surface area contributed by atoms with Crippen molar-refractivity contribution in [2.24, 2.45) is 11.8 Å². The third kappa shape index (κ3) is 4.80. The van der Waals surface area contributed by atoms with Crippen LogP contribution in [-0.4, -0.2) is 11.1 Å². The molecule has 0 aliphatic heterocycles. The molecule has 2 aromatic carbocycles. The van der Waals surface area contributed by atoms with Crippen molar-refractivity contribution in [3.8, 4) is 0 Å². The second-order valence-corrected chi connectivity index (χ2v) is 7.85. The third-order valence-electron chi connectivity index (χ3n) is 6.22. The predicted octanol–water partition coefficient (Wildman–Crippen LogP) is 6.74. The minimum atomic E-state index is -0.849. The van der Waals surface area contributed by atoms with Crippen molar-refractivity contribution in [3.05, 3.63) is 71.3 Å². The van der Waals surface area contributed by atoms with Gasteiger partial charge >= 0.3 is 5.97 Å². The molecule has 0 amide bonds. The van der Waals surface area contributed by atoms with E-state index in [-0.39, 0.29) is 5.41 Å². The number of hydrogen-bond donors (Lipinski definition) is 1. The highest BCUT2D eigenvalue weighted by molar-refractivity contribution is 5.87. The SMILES string of the molecule is CCCC(Cc1ccccc1)(c1cccc(C(=O)O)c1)C(CC)C(C)CC. The molecule has 0 aliphatic carbocycles. The van der Waals surface area contributed by atoms with Crippen molar-refractivity contribution in [2.75, 3.05) is 0 Å². The van der Waals surface area contributed by atoms with Crippen molar-refractivity contribution >= 4 is 5.97 Å². The van der Waals surface area contributed by atoms with Crippen LogP contribution in [0.15, 0.2) is 54.6 Å². The average Bonchev–Trinajstić information content (AvgIpc) is 2.69. The maximum atomic E-state index is 11.6. The summed E-state index contributed by atoms with van der Waals surface area (Å²) < 4.78 is 0. The van der Waals surface area contributed by atoms with Gasteiger partial charge in [-0.1, -0.05) is 89.4 Å². The zero-order chi connectivity index (χ0) is 19.9. The molecule has 0 radical (unpaired) electrons. The van der Waals surface area contributed by atoms with Crippen LogP contribution < -0.4 is 0 Å². The van der Waals surface area contributed by atoms with Gasteiger partial charge in [-0.2, -0.15) is 0 Å². The summed E-state index contributed by atoms with van der Waals surface area (Å²) in [6, 6.07) is 18.4. The van der Waals surface area contributed by atoms with Crippen LogP contribution >= 0.6 is 0 Å². The molecule has 27 heavy (non-hydrogen) atoms. The van der Waals surface area contributed by atoms with Crippen LogP contribution in [0.4, 0.5) is 0 Å². The quantitative estimate of drug-likeness (QED) is 0.505. The number of carbonyl (C=O) groups is 1. The van der Waals surface area contributed by atoms with Crippen molar-refractivity contribution in [1.29, 1.82) is 0 Å². The van der Waals surface area contributed by atoms with Crippen LogP contribution in [0.2, 0.25) is 0 Å². The molecule has 0 fully saturated rings. The van der Waals surface area contributed by atoms with Crippen LogP contribution in [0.3, 0.4) is 0 Å². The zero-order valence-corrected chi connectivity index (χ0v) is 17.2. The van der Waals surface area contributed by atoms with E-state index in [1.807, 2.05) is 12.1 Å². The lowest BCUT2D eigenvalue weighted by Gasteiger charge is -2.45. The van der Waals surface area contributed by atoms with Gasteiger partial charge in [0.2, 0.25) is 0 Å². The first-order chi connectivity index (χ1) is 13.0. The lowest BCUT2D eigenvalue weighted by Crippen LogP contribution is -2.41. The molecule has 1 N–H and O–H groups in total. The maximum absolute atomic E-state index is 11.6. The van der Waals surface area contributed by atoms with Gasteiger partial charge in [0.05, 0.1) is 5.56 Å². The highest BCUT2D eigenvalue weighted by Gasteiger charge is 2.41. The van der Waals surface area contributed by atoms with Gasteiger partial charge in [0.1, 0.15) is 0 Å². The van der Waals surface area contributed by atoms with E-state index in [4.69, 9.17) is 0 Å². The van der Waals surface area contributed by atoms with Crippen LogP contribution in [0.5, 0.6) is 0 Å². The van der Waals surface area contributed by atoms with Crippen LogP contribution in [-0.2, 0) is 11.8 Å². The molecule has 2 rings (SSSR count). The van der Waals surface area contributed by atoms with Gasteiger partial charge in [-0.3, -0.25) is 0 Å². The molecule has 2 aromatic rings. The summed E-state index contributed by atoms with van der Waals surface area (Å²) in [7, 11) is 0. The van der Waals surface area contributed by atoms with E-state index in [9.17, 15) is 9.90 Å². The Hall–Kier alpha value is -2.09. The Bertz CT molecular complexity index is 722. The Morgan fingerprint density at radius 2 is 1.70 bits per heavy atom. The monoisotopic (exact) mass is 366 g/mol. The lowest BCUT2D eigenvalue weighted by molar-refractivity contribution is 0.0696. The molecule has 146 valence electrons. The summed E-state index contributed by atoms with van der Waals surface area (Å²) in [5.74, 6) is 0.240. The molecule has 3 atom stereocenters. The molecule has 2 heteroatoms. The molecule has 0 saturated carbocycles. The second kappa shape index (κ2) is 9.73. The Balaban J connectivity index is 2.66. The molecular formula is C25H34O2. The average molecular weight is 367 g/mol. The first-order valence-electron chi connectivity index (χ1n) is 10.4. The summed E-state index contributed by atoms with van der Waals surface area (Å²) in [5, 5.41) is 9.55. The summed E-state index contributed by atoms with van der Waals surface area (Å²) in [6.45, 7) is 9.14. The Kier molecular flexibility index (Phi) is 7.65. The van der Waals surface area contributed by atoms with E-state index in [1.165, 1.54) is 11.1 Å². The number of rotatable bonds is 10. The Morgan fingerprint density at radius 3 is 2.26 bits per heavy atom. The normalized spacial score (nSPS) is 15.7. The number of carboxylic acids is 1. The fourth-order valence-electron chi connectivity index (χ4n) is 4.86. The van der Waals surface area contributed by atoms with E-state index >= 15 is 0 Å². The highest BCUT2D eigenvalue weighted by Crippen LogP contribution is 2.46. The smallest absolute Gasteiger partial charge is 0.335 e. The molecule has 0 saturated heterocycles. The zero-order valence-electron chi connectivity index (χ0n) is 17.2.